The normalized spacial score (nSPS) is 23.7. The molecule has 2 atom stereocenters. The van der Waals surface area contributed by atoms with E-state index in [0.29, 0.717) is 19.8 Å². The second-order valence-corrected chi connectivity index (χ2v) is 7.93. The van der Waals surface area contributed by atoms with Crippen molar-refractivity contribution in [3.8, 4) is 11.5 Å². The topological polar surface area (TPSA) is 38.8 Å². The molecule has 0 unspecified atom stereocenters. The van der Waals surface area contributed by atoms with Gasteiger partial charge in [0.25, 0.3) is 0 Å². The third-order valence-electron chi connectivity index (χ3n) is 4.74. The smallest absolute Gasteiger partial charge is 0.246 e. The predicted molar refractivity (Wildman–Crippen MR) is 103 cm³/mol. The fourth-order valence-electron chi connectivity index (χ4n) is 3.56. The zero-order valence-corrected chi connectivity index (χ0v) is 16.3. The van der Waals surface area contributed by atoms with Gasteiger partial charge in [0.15, 0.2) is 11.5 Å². The van der Waals surface area contributed by atoms with Crippen LogP contribution in [-0.2, 0) is 16.2 Å². The Bertz CT molecular complexity index is 844. The molecule has 1 saturated heterocycles. The van der Waals surface area contributed by atoms with Crippen molar-refractivity contribution in [2.45, 2.75) is 35.5 Å². The zero-order chi connectivity index (χ0) is 18.3. The monoisotopic (exact) mass is 389 g/mol. The molecule has 0 radical (unpaired) electrons. The number of halogens is 1. The van der Waals surface area contributed by atoms with E-state index < -0.39 is 10.2 Å². The highest BCUT2D eigenvalue weighted by Crippen LogP contribution is 2.60. The van der Waals surface area contributed by atoms with Crippen LogP contribution in [0.25, 0.3) is 0 Å². The van der Waals surface area contributed by atoms with Gasteiger partial charge >= 0.3 is 0 Å². The van der Waals surface area contributed by atoms with Crippen molar-refractivity contribution in [3.05, 3.63) is 53.6 Å². The number of hydrogen-bond acceptors (Lipinski definition) is 4. The summed E-state index contributed by atoms with van der Waals surface area (Å²) < 4.78 is 11.5. The first-order chi connectivity index (χ1) is 12.6. The number of amides is 1. The Morgan fingerprint density at radius 1 is 1.15 bits per heavy atom. The molecule has 0 aliphatic carbocycles. The van der Waals surface area contributed by atoms with Gasteiger partial charge in [0, 0.05) is 11.4 Å². The van der Waals surface area contributed by atoms with E-state index in [4.69, 9.17) is 21.1 Å². The highest BCUT2D eigenvalue weighted by molar-refractivity contribution is 8.00. The van der Waals surface area contributed by atoms with Crippen LogP contribution in [0.4, 0.5) is 0 Å². The van der Waals surface area contributed by atoms with Crippen LogP contribution in [0.15, 0.2) is 47.4 Å². The molecule has 136 valence electrons. The summed E-state index contributed by atoms with van der Waals surface area (Å²) in [7, 11) is 0. The quantitative estimate of drug-likeness (QED) is 0.561. The van der Waals surface area contributed by atoms with Gasteiger partial charge in [0.1, 0.15) is 10.2 Å². The average Bonchev–Trinajstić information content (AvgIpc) is 2.68. The predicted octanol–water partition coefficient (Wildman–Crippen LogP) is 4.39. The van der Waals surface area contributed by atoms with E-state index in [1.165, 1.54) is 0 Å². The van der Waals surface area contributed by atoms with Crippen LogP contribution >= 0.6 is 23.4 Å². The van der Waals surface area contributed by atoms with Gasteiger partial charge in [-0.25, -0.2) is 0 Å². The number of carbonyl (C=O) groups excluding carboxylic acids is 1. The summed E-state index contributed by atoms with van der Waals surface area (Å²) in [5.74, 6) is 1.42. The molecule has 0 aromatic heterocycles. The third-order valence-corrected chi connectivity index (χ3v) is 6.97. The summed E-state index contributed by atoms with van der Waals surface area (Å²) in [5.41, 5.74) is 2.10. The average molecular weight is 390 g/mol. The maximum atomic E-state index is 12.5. The number of fused-ring (bicyclic) bond motifs is 2. The van der Waals surface area contributed by atoms with Crippen molar-refractivity contribution >= 4 is 29.3 Å². The van der Waals surface area contributed by atoms with Crippen molar-refractivity contribution in [1.29, 1.82) is 0 Å². The van der Waals surface area contributed by atoms with Crippen LogP contribution in [0.1, 0.15) is 25.0 Å². The molecule has 2 aromatic carbocycles. The van der Waals surface area contributed by atoms with Gasteiger partial charge in [-0.3, -0.25) is 4.79 Å². The van der Waals surface area contributed by atoms with Gasteiger partial charge in [-0.1, -0.05) is 42.1 Å². The number of benzene rings is 2. The summed E-state index contributed by atoms with van der Waals surface area (Å²) in [6, 6.07) is 14.0. The molecule has 6 heteroatoms. The molecule has 4 nitrogen and oxygen atoms in total. The Balaban J connectivity index is 1.80. The van der Waals surface area contributed by atoms with E-state index >= 15 is 0 Å². The maximum Gasteiger partial charge on any atom is 0.246 e. The number of carbonyl (C=O) groups is 1. The van der Waals surface area contributed by atoms with Gasteiger partial charge in [0.2, 0.25) is 5.91 Å². The van der Waals surface area contributed by atoms with E-state index in [1.54, 1.807) is 11.8 Å². The van der Waals surface area contributed by atoms with Gasteiger partial charge in [-0.15, -0.1) is 11.6 Å². The number of β-lactam (4-membered cyclic amide) rings is 1. The molecular weight excluding hydrogens is 370 g/mol. The Hall–Kier alpha value is -1.85. The minimum absolute atomic E-state index is 0.0273. The number of hydrogen-bond donors (Lipinski definition) is 0. The minimum atomic E-state index is -0.579. The molecule has 1 fully saturated rings. The number of ether oxygens (including phenoxy) is 2. The Kier molecular flexibility index (Phi) is 4.53. The van der Waals surface area contributed by atoms with Gasteiger partial charge < -0.3 is 14.4 Å². The van der Waals surface area contributed by atoms with Crippen LogP contribution in [0, 0.1) is 0 Å². The van der Waals surface area contributed by atoms with Crippen molar-refractivity contribution in [1.82, 2.24) is 4.90 Å². The highest BCUT2D eigenvalue weighted by Gasteiger charge is 2.63. The number of nitrogens with zero attached hydrogens (tertiary/aromatic N) is 1. The van der Waals surface area contributed by atoms with Crippen molar-refractivity contribution in [3.63, 3.8) is 0 Å². The standard InChI is InChI=1S/C20H20ClNO3S/c1-3-24-15-10-13-12-22-19(23)18(21)20(22,14-8-6-5-7-9-14)26-17(13)11-16(15)25-4-2/h5-11,18H,3-4,12H2,1-2H3/t18-,20+/m1/s1. The molecule has 2 aromatic rings. The molecule has 1 amide bonds. The largest absolute Gasteiger partial charge is 0.490 e. The van der Waals surface area contributed by atoms with E-state index in [1.807, 2.05) is 61.2 Å². The van der Waals surface area contributed by atoms with E-state index in [-0.39, 0.29) is 5.91 Å². The third kappa shape index (κ3) is 2.48. The van der Waals surface area contributed by atoms with Crippen LogP contribution in [0.2, 0.25) is 0 Å². The first-order valence-corrected chi connectivity index (χ1v) is 9.99. The molecular formula is C20H20ClNO3S. The molecule has 0 bridgehead atoms. The Morgan fingerprint density at radius 2 is 1.81 bits per heavy atom. The number of rotatable bonds is 5. The molecule has 4 rings (SSSR count). The van der Waals surface area contributed by atoms with Crippen LogP contribution in [-0.4, -0.2) is 29.4 Å². The van der Waals surface area contributed by atoms with Crippen LogP contribution < -0.4 is 9.47 Å². The summed E-state index contributed by atoms with van der Waals surface area (Å²) in [6.07, 6.45) is 0. The first kappa shape index (κ1) is 17.6. The summed E-state index contributed by atoms with van der Waals surface area (Å²) in [5, 5.41) is -0.579. The minimum Gasteiger partial charge on any atom is -0.490 e. The molecule has 0 spiro atoms. The van der Waals surface area contributed by atoms with Crippen molar-refractivity contribution in [2.75, 3.05) is 13.2 Å². The Labute approximate surface area is 162 Å². The lowest BCUT2D eigenvalue weighted by Gasteiger charge is -2.57. The molecule has 2 aliphatic rings. The summed E-state index contributed by atoms with van der Waals surface area (Å²) in [6.45, 7) is 5.55. The number of alkyl halides is 1. The van der Waals surface area contributed by atoms with Crippen molar-refractivity contribution in [2.24, 2.45) is 0 Å². The van der Waals surface area contributed by atoms with E-state index in [2.05, 4.69) is 0 Å². The summed E-state index contributed by atoms with van der Waals surface area (Å²) >= 11 is 8.17. The van der Waals surface area contributed by atoms with Crippen molar-refractivity contribution < 1.29 is 14.3 Å². The lowest BCUT2D eigenvalue weighted by molar-refractivity contribution is -0.150. The Morgan fingerprint density at radius 3 is 2.46 bits per heavy atom. The fourth-order valence-corrected chi connectivity index (χ4v) is 5.53. The van der Waals surface area contributed by atoms with Gasteiger partial charge in [0.05, 0.1) is 13.2 Å². The number of thioether (sulfide) groups is 1. The molecule has 26 heavy (non-hydrogen) atoms. The van der Waals surface area contributed by atoms with Crippen LogP contribution in [0.5, 0.6) is 11.5 Å². The second-order valence-electron chi connectivity index (χ2n) is 6.22. The first-order valence-electron chi connectivity index (χ1n) is 8.74. The molecule has 2 heterocycles. The fraction of sp³-hybridized carbons (Fsp3) is 0.350. The summed E-state index contributed by atoms with van der Waals surface area (Å²) in [4.78, 5) is 14.9. The van der Waals surface area contributed by atoms with E-state index in [0.717, 1.165) is 27.5 Å². The molecule has 0 N–H and O–H groups in total. The van der Waals surface area contributed by atoms with E-state index in [9.17, 15) is 4.79 Å². The van der Waals surface area contributed by atoms with Crippen LogP contribution in [0.3, 0.4) is 0 Å². The zero-order valence-electron chi connectivity index (χ0n) is 14.7. The maximum absolute atomic E-state index is 12.5. The molecule has 2 aliphatic heterocycles. The lowest BCUT2D eigenvalue weighted by Crippen LogP contribution is -2.68. The second kappa shape index (κ2) is 6.71. The lowest BCUT2D eigenvalue weighted by atomic mass is 9.91. The SMILES string of the molecule is CCOc1cc2c(cc1OCC)S[C@@]1(c3ccccc3)[C@H](Cl)C(=O)N1C2. The highest BCUT2D eigenvalue weighted by atomic mass is 35.5. The van der Waals surface area contributed by atoms with Gasteiger partial charge in [-0.2, -0.15) is 0 Å². The van der Waals surface area contributed by atoms with Gasteiger partial charge in [-0.05, 0) is 37.1 Å². The molecule has 0 saturated carbocycles.